The van der Waals surface area contributed by atoms with Gasteiger partial charge in [0.2, 0.25) is 0 Å². The van der Waals surface area contributed by atoms with Crippen molar-refractivity contribution >= 4 is 0 Å². The lowest BCUT2D eigenvalue weighted by Crippen LogP contribution is -2.57. The lowest BCUT2D eigenvalue weighted by atomic mass is 9.82. The van der Waals surface area contributed by atoms with E-state index in [1.54, 1.807) is 0 Å². The molecule has 1 aliphatic rings. The molecule has 1 atom stereocenters. The van der Waals surface area contributed by atoms with Gasteiger partial charge in [0, 0.05) is 12.5 Å². The van der Waals surface area contributed by atoms with E-state index in [1.165, 1.54) is 13.8 Å². The standard InChI is InChI=1S/C10H20F2N2/c1-9(2,13)10(11,12)8-5-4-6-14(3)7-8/h8H,4-7,13H2,1-3H3. The van der Waals surface area contributed by atoms with Crippen LogP contribution in [0, 0.1) is 5.92 Å². The molecule has 0 bridgehead atoms. The van der Waals surface area contributed by atoms with Gasteiger partial charge in [0.15, 0.2) is 0 Å². The van der Waals surface area contributed by atoms with Crippen LogP contribution >= 0.6 is 0 Å². The summed E-state index contributed by atoms with van der Waals surface area (Å²) < 4.78 is 27.7. The monoisotopic (exact) mass is 206 g/mol. The zero-order chi connectivity index (χ0) is 11.0. The summed E-state index contributed by atoms with van der Waals surface area (Å²) in [7, 11) is 1.88. The van der Waals surface area contributed by atoms with Crippen LogP contribution in [0.25, 0.3) is 0 Å². The molecule has 0 aliphatic carbocycles. The van der Waals surface area contributed by atoms with Crippen molar-refractivity contribution in [2.75, 3.05) is 20.1 Å². The first-order chi connectivity index (χ1) is 6.25. The topological polar surface area (TPSA) is 29.3 Å². The molecule has 4 heteroatoms. The Kier molecular flexibility index (Phi) is 3.17. The molecule has 84 valence electrons. The quantitative estimate of drug-likeness (QED) is 0.745. The molecule has 1 rings (SSSR count). The Morgan fingerprint density at radius 1 is 1.36 bits per heavy atom. The largest absolute Gasteiger partial charge is 0.321 e. The number of rotatable bonds is 2. The number of halogens is 2. The molecule has 0 saturated carbocycles. The van der Waals surface area contributed by atoms with Crippen molar-refractivity contribution < 1.29 is 8.78 Å². The highest BCUT2D eigenvalue weighted by atomic mass is 19.3. The second-order valence-corrected chi connectivity index (χ2v) is 4.95. The van der Waals surface area contributed by atoms with Crippen LogP contribution in [0.2, 0.25) is 0 Å². The molecule has 1 saturated heterocycles. The lowest BCUT2D eigenvalue weighted by molar-refractivity contribution is -0.126. The minimum atomic E-state index is -2.78. The van der Waals surface area contributed by atoms with Crippen LogP contribution in [0.15, 0.2) is 0 Å². The fourth-order valence-corrected chi connectivity index (χ4v) is 1.99. The van der Waals surface area contributed by atoms with E-state index in [1.807, 2.05) is 11.9 Å². The third-order valence-electron chi connectivity index (χ3n) is 3.00. The van der Waals surface area contributed by atoms with Crippen molar-refractivity contribution in [3.05, 3.63) is 0 Å². The van der Waals surface area contributed by atoms with Gasteiger partial charge in [-0.2, -0.15) is 0 Å². The highest BCUT2D eigenvalue weighted by Crippen LogP contribution is 2.38. The van der Waals surface area contributed by atoms with Crippen molar-refractivity contribution in [1.82, 2.24) is 4.90 Å². The van der Waals surface area contributed by atoms with Gasteiger partial charge >= 0.3 is 0 Å². The smallest absolute Gasteiger partial charge is 0.269 e. The maximum atomic E-state index is 13.8. The summed E-state index contributed by atoms with van der Waals surface area (Å²) in [6, 6.07) is 0. The van der Waals surface area contributed by atoms with Gasteiger partial charge < -0.3 is 10.6 Å². The van der Waals surface area contributed by atoms with Crippen LogP contribution < -0.4 is 5.73 Å². The van der Waals surface area contributed by atoms with Crippen LogP contribution in [-0.4, -0.2) is 36.5 Å². The minimum Gasteiger partial charge on any atom is -0.321 e. The first-order valence-corrected chi connectivity index (χ1v) is 5.10. The summed E-state index contributed by atoms with van der Waals surface area (Å²) in [6.07, 6.45) is 1.42. The van der Waals surface area contributed by atoms with Gasteiger partial charge in [-0.3, -0.25) is 0 Å². The number of hydrogen-bond acceptors (Lipinski definition) is 2. The highest BCUT2D eigenvalue weighted by molar-refractivity contribution is 4.96. The van der Waals surface area contributed by atoms with E-state index in [4.69, 9.17) is 5.73 Å². The van der Waals surface area contributed by atoms with Gasteiger partial charge in [-0.1, -0.05) is 0 Å². The van der Waals surface area contributed by atoms with E-state index in [9.17, 15) is 8.78 Å². The SMILES string of the molecule is CN1CCCC(C(F)(F)C(C)(C)N)C1. The van der Waals surface area contributed by atoms with Gasteiger partial charge in [-0.15, -0.1) is 0 Å². The first kappa shape index (κ1) is 11.9. The van der Waals surface area contributed by atoms with Gasteiger partial charge in [-0.25, -0.2) is 8.78 Å². The molecule has 0 aromatic heterocycles. The summed E-state index contributed by atoms with van der Waals surface area (Å²) in [4.78, 5) is 1.95. The van der Waals surface area contributed by atoms with Gasteiger partial charge in [0.25, 0.3) is 5.92 Å². The molecule has 2 N–H and O–H groups in total. The molecule has 0 spiro atoms. The number of alkyl halides is 2. The fourth-order valence-electron chi connectivity index (χ4n) is 1.99. The van der Waals surface area contributed by atoms with Crippen LogP contribution in [-0.2, 0) is 0 Å². The molecule has 0 radical (unpaired) electrons. The highest BCUT2D eigenvalue weighted by Gasteiger charge is 2.50. The zero-order valence-corrected chi connectivity index (χ0v) is 9.19. The summed E-state index contributed by atoms with van der Waals surface area (Å²) >= 11 is 0. The molecule has 0 aromatic carbocycles. The van der Waals surface area contributed by atoms with Gasteiger partial charge in [-0.05, 0) is 40.3 Å². The number of likely N-dealkylation sites (tertiary alicyclic amines) is 1. The fraction of sp³-hybridized carbons (Fsp3) is 1.00. The Morgan fingerprint density at radius 3 is 2.36 bits per heavy atom. The van der Waals surface area contributed by atoms with Crippen molar-refractivity contribution in [3.63, 3.8) is 0 Å². The Labute approximate surface area is 84.4 Å². The van der Waals surface area contributed by atoms with Crippen molar-refractivity contribution in [3.8, 4) is 0 Å². The summed E-state index contributed by atoms with van der Waals surface area (Å²) in [5.74, 6) is -3.37. The lowest BCUT2D eigenvalue weighted by Gasteiger charge is -2.40. The Morgan fingerprint density at radius 2 is 1.93 bits per heavy atom. The third kappa shape index (κ3) is 2.23. The normalized spacial score (nSPS) is 26.6. The second-order valence-electron chi connectivity index (χ2n) is 4.95. The molecule has 1 heterocycles. The molecule has 1 fully saturated rings. The van der Waals surface area contributed by atoms with E-state index >= 15 is 0 Å². The molecule has 1 aliphatic heterocycles. The Bertz CT molecular complexity index is 199. The van der Waals surface area contributed by atoms with E-state index in [-0.39, 0.29) is 0 Å². The van der Waals surface area contributed by atoms with E-state index < -0.39 is 17.4 Å². The predicted octanol–water partition coefficient (Wildman–Crippen LogP) is 1.70. The zero-order valence-electron chi connectivity index (χ0n) is 9.19. The van der Waals surface area contributed by atoms with Crippen LogP contribution in [0.5, 0.6) is 0 Å². The Balaban J connectivity index is 2.71. The van der Waals surface area contributed by atoms with E-state index in [0.29, 0.717) is 13.0 Å². The maximum Gasteiger partial charge on any atom is 0.269 e. The molecule has 0 amide bonds. The van der Waals surface area contributed by atoms with Gasteiger partial charge in [0.1, 0.15) is 0 Å². The second kappa shape index (κ2) is 3.74. The summed E-state index contributed by atoms with van der Waals surface area (Å²) in [5, 5.41) is 0. The number of nitrogens with zero attached hydrogens (tertiary/aromatic N) is 1. The van der Waals surface area contributed by atoms with Crippen molar-refractivity contribution in [2.45, 2.75) is 38.2 Å². The average Bonchev–Trinajstić information content (AvgIpc) is 2.02. The molecular weight excluding hydrogens is 186 g/mol. The first-order valence-electron chi connectivity index (χ1n) is 5.10. The van der Waals surface area contributed by atoms with Crippen molar-refractivity contribution in [1.29, 1.82) is 0 Å². The molecule has 0 aromatic rings. The summed E-state index contributed by atoms with van der Waals surface area (Å²) in [5.41, 5.74) is 4.10. The van der Waals surface area contributed by atoms with Crippen LogP contribution in [0.4, 0.5) is 8.78 Å². The van der Waals surface area contributed by atoms with Gasteiger partial charge in [0.05, 0.1) is 5.54 Å². The number of hydrogen-bond donors (Lipinski definition) is 1. The third-order valence-corrected chi connectivity index (χ3v) is 3.00. The van der Waals surface area contributed by atoms with E-state index in [2.05, 4.69) is 0 Å². The molecule has 14 heavy (non-hydrogen) atoms. The van der Waals surface area contributed by atoms with Crippen LogP contribution in [0.3, 0.4) is 0 Å². The molecule has 2 nitrogen and oxygen atoms in total. The average molecular weight is 206 g/mol. The van der Waals surface area contributed by atoms with Crippen molar-refractivity contribution in [2.24, 2.45) is 11.7 Å². The predicted molar refractivity (Wildman–Crippen MR) is 53.4 cm³/mol. The summed E-state index contributed by atoms with van der Waals surface area (Å²) in [6.45, 7) is 4.18. The number of nitrogens with two attached hydrogens (primary N) is 1. The molecular formula is C10H20F2N2. The maximum absolute atomic E-state index is 13.8. The van der Waals surface area contributed by atoms with Crippen LogP contribution in [0.1, 0.15) is 26.7 Å². The number of piperidine rings is 1. The minimum absolute atomic E-state index is 0.452. The van der Waals surface area contributed by atoms with E-state index in [0.717, 1.165) is 13.0 Å². The molecule has 1 unspecified atom stereocenters. The Hall–Kier alpha value is -0.220.